The average molecular weight is 453 g/mol. The lowest BCUT2D eigenvalue weighted by Crippen LogP contribution is -2.69. The average Bonchev–Trinajstić information content (AvgIpc) is 3.08. The lowest BCUT2D eigenvalue weighted by atomic mass is 9.84. The van der Waals surface area contributed by atoms with Crippen molar-refractivity contribution in [3.63, 3.8) is 0 Å². The number of nitrogens with one attached hydrogen (secondary N) is 1. The first-order valence-electron chi connectivity index (χ1n) is 11.0. The fourth-order valence-electron chi connectivity index (χ4n) is 4.53. The molecular formula is C25H28N2O6. The highest BCUT2D eigenvalue weighted by atomic mass is 16.5. The smallest absolute Gasteiger partial charge is 0.407 e. The number of likely N-dealkylation sites (tertiary alicyclic amines) is 1. The van der Waals surface area contributed by atoms with Crippen LogP contribution in [0, 0.1) is 5.41 Å². The Morgan fingerprint density at radius 2 is 1.61 bits per heavy atom. The van der Waals surface area contributed by atoms with Crippen LogP contribution in [0.1, 0.15) is 37.3 Å². The Hall–Kier alpha value is -3.39. The molecule has 0 radical (unpaired) electrons. The number of carbonyl (C=O) groups excluding carboxylic acids is 2. The van der Waals surface area contributed by atoms with Crippen molar-refractivity contribution in [2.45, 2.75) is 31.8 Å². The number of benzene rings is 2. The van der Waals surface area contributed by atoms with Gasteiger partial charge in [-0.2, -0.15) is 0 Å². The van der Waals surface area contributed by atoms with Crippen LogP contribution in [0.15, 0.2) is 48.5 Å². The van der Waals surface area contributed by atoms with Crippen LogP contribution >= 0.6 is 0 Å². The van der Waals surface area contributed by atoms with Gasteiger partial charge in [-0.3, -0.25) is 4.79 Å². The minimum absolute atomic E-state index is 0.0273. The predicted octanol–water partition coefficient (Wildman–Crippen LogP) is 2.60. The Morgan fingerprint density at radius 3 is 2.15 bits per heavy atom. The van der Waals surface area contributed by atoms with Gasteiger partial charge in [0.15, 0.2) is 5.60 Å². The summed E-state index contributed by atoms with van der Waals surface area (Å²) in [5, 5.41) is 21.5. The van der Waals surface area contributed by atoms with Gasteiger partial charge in [0.25, 0.3) is 0 Å². The molecule has 1 aliphatic carbocycles. The summed E-state index contributed by atoms with van der Waals surface area (Å²) in [6.45, 7) is 3.44. The van der Waals surface area contributed by atoms with E-state index in [4.69, 9.17) is 9.84 Å². The zero-order chi connectivity index (χ0) is 23.8. The second-order valence-corrected chi connectivity index (χ2v) is 9.38. The predicted molar refractivity (Wildman–Crippen MR) is 121 cm³/mol. The van der Waals surface area contributed by atoms with E-state index in [-0.39, 0.29) is 38.1 Å². The molecule has 0 aromatic heterocycles. The van der Waals surface area contributed by atoms with Crippen LogP contribution in [0.3, 0.4) is 0 Å². The number of hydrogen-bond acceptors (Lipinski definition) is 5. The summed E-state index contributed by atoms with van der Waals surface area (Å²) in [5.41, 5.74) is 1.89. The number of amides is 2. The van der Waals surface area contributed by atoms with E-state index in [1.807, 2.05) is 24.3 Å². The number of rotatable bonds is 7. The van der Waals surface area contributed by atoms with E-state index in [2.05, 4.69) is 29.6 Å². The Kier molecular flexibility index (Phi) is 5.88. The molecule has 0 unspecified atom stereocenters. The maximum atomic E-state index is 12.6. The molecule has 2 amide bonds. The molecule has 0 spiro atoms. The SMILES string of the molecule is CC(C)(CCNC(=O)OCC1c2ccccc2-c2ccccc21)C(=O)N1CC(O)(C(=O)O)C1. The van der Waals surface area contributed by atoms with Crippen molar-refractivity contribution in [2.24, 2.45) is 5.41 Å². The highest BCUT2D eigenvalue weighted by Gasteiger charge is 2.52. The quantitative estimate of drug-likeness (QED) is 0.595. The van der Waals surface area contributed by atoms with E-state index in [9.17, 15) is 19.5 Å². The molecule has 1 aliphatic heterocycles. The summed E-state index contributed by atoms with van der Waals surface area (Å²) in [6, 6.07) is 16.2. The number of β-amino-alcohol motifs (C(OH)–C–C–N with tert-alkyl or cyclic N) is 1. The Morgan fingerprint density at radius 1 is 1.06 bits per heavy atom. The molecule has 0 saturated carbocycles. The molecule has 3 N–H and O–H groups in total. The second-order valence-electron chi connectivity index (χ2n) is 9.38. The largest absolute Gasteiger partial charge is 0.479 e. The summed E-state index contributed by atoms with van der Waals surface area (Å²) >= 11 is 0. The number of carboxylic acid groups (broad SMARTS) is 1. The molecule has 1 saturated heterocycles. The van der Waals surface area contributed by atoms with E-state index in [1.54, 1.807) is 13.8 Å². The van der Waals surface area contributed by atoms with Gasteiger partial charge in [0, 0.05) is 17.9 Å². The number of aliphatic carboxylic acids is 1. The topological polar surface area (TPSA) is 116 Å². The summed E-state index contributed by atoms with van der Waals surface area (Å²) in [4.78, 5) is 37.3. The van der Waals surface area contributed by atoms with Crippen LogP contribution in [-0.2, 0) is 14.3 Å². The van der Waals surface area contributed by atoms with Gasteiger partial charge in [-0.15, -0.1) is 0 Å². The van der Waals surface area contributed by atoms with Crippen LogP contribution in [0.5, 0.6) is 0 Å². The van der Waals surface area contributed by atoms with Gasteiger partial charge in [0.1, 0.15) is 6.61 Å². The van der Waals surface area contributed by atoms with Crippen molar-refractivity contribution >= 4 is 18.0 Å². The number of hydrogen-bond donors (Lipinski definition) is 3. The molecular weight excluding hydrogens is 424 g/mol. The lowest BCUT2D eigenvalue weighted by Gasteiger charge is -2.46. The van der Waals surface area contributed by atoms with Gasteiger partial charge in [-0.05, 0) is 28.7 Å². The normalized spacial score (nSPS) is 16.4. The van der Waals surface area contributed by atoms with Crippen molar-refractivity contribution in [3.05, 3.63) is 59.7 Å². The summed E-state index contributed by atoms with van der Waals surface area (Å²) < 4.78 is 5.50. The third-order valence-corrected chi connectivity index (χ3v) is 6.53. The number of carboxylic acids is 1. The highest BCUT2D eigenvalue weighted by molar-refractivity contribution is 5.88. The Labute approximate surface area is 192 Å². The molecule has 174 valence electrons. The minimum Gasteiger partial charge on any atom is -0.479 e. The molecule has 33 heavy (non-hydrogen) atoms. The van der Waals surface area contributed by atoms with Gasteiger partial charge in [-0.1, -0.05) is 62.4 Å². The highest BCUT2D eigenvalue weighted by Crippen LogP contribution is 2.44. The maximum absolute atomic E-state index is 12.6. The molecule has 1 heterocycles. The van der Waals surface area contributed by atoms with E-state index in [1.165, 1.54) is 4.90 Å². The van der Waals surface area contributed by atoms with Gasteiger partial charge >= 0.3 is 12.1 Å². The van der Waals surface area contributed by atoms with Crippen molar-refractivity contribution in [2.75, 3.05) is 26.2 Å². The van der Waals surface area contributed by atoms with Crippen LogP contribution < -0.4 is 5.32 Å². The molecule has 1 fully saturated rings. The third kappa shape index (κ3) is 4.30. The summed E-state index contributed by atoms with van der Waals surface area (Å²) in [7, 11) is 0. The van der Waals surface area contributed by atoms with Crippen molar-refractivity contribution < 1.29 is 29.3 Å². The van der Waals surface area contributed by atoms with Crippen LogP contribution in [0.4, 0.5) is 4.79 Å². The molecule has 0 bridgehead atoms. The van der Waals surface area contributed by atoms with E-state index in [0.717, 1.165) is 22.3 Å². The summed E-state index contributed by atoms with van der Waals surface area (Å²) in [5.74, 6) is -1.62. The first-order chi connectivity index (χ1) is 15.6. The molecule has 4 rings (SSSR count). The summed E-state index contributed by atoms with van der Waals surface area (Å²) in [6.07, 6.45) is -0.206. The maximum Gasteiger partial charge on any atom is 0.407 e. The second kappa shape index (κ2) is 8.51. The van der Waals surface area contributed by atoms with Crippen LogP contribution in [-0.4, -0.2) is 64.9 Å². The van der Waals surface area contributed by atoms with Crippen molar-refractivity contribution in [3.8, 4) is 11.1 Å². The standard InChI is InChI=1S/C25H28N2O6/c1-24(2,21(28)27-14-25(32,15-27)22(29)30)11-12-26-23(31)33-13-20-18-9-5-3-7-16(18)17-8-4-6-10-19(17)20/h3-10,20,32H,11-15H2,1-2H3,(H,26,31)(H,29,30). The Balaban J connectivity index is 1.27. The van der Waals surface area contributed by atoms with E-state index in [0.29, 0.717) is 6.42 Å². The molecule has 2 aliphatic rings. The molecule has 8 heteroatoms. The zero-order valence-corrected chi connectivity index (χ0v) is 18.7. The molecule has 0 atom stereocenters. The van der Waals surface area contributed by atoms with Crippen molar-refractivity contribution in [1.82, 2.24) is 10.2 Å². The first-order valence-corrected chi connectivity index (χ1v) is 11.0. The molecule has 8 nitrogen and oxygen atoms in total. The van der Waals surface area contributed by atoms with Gasteiger partial charge < -0.3 is 25.2 Å². The zero-order valence-electron chi connectivity index (χ0n) is 18.7. The van der Waals surface area contributed by atoms with Gasteiger partial charge in [0.05, 0.1) is 13.1 Å². The fraction of sp³-hybridized carbons (Fsp3) is 0.400. The minimum atomic E-state index is -1.87. The number of ether oxygens (including phenoxy) is 1. The number of alkyl carbamates (subject to hydrolysis) is 1. The lowest BCUT2D eigenvalue weighted by molar-refractivity contribution is -0.185. The third-order valence-electron chi connectivity index (χ3n) is 6.53. The van der Waals surface area contributed by atoms with E-state index >= 15 is 0 Å². The number of carbonyl (C=O) groups is 3. The number of nitrogens with zero attached hydrogens (tertiary/aromatic N) is 1. The molecule has 2 aromatic carbocycles. The number of aliphatic hydroxyl groups is 1. The van der Waals surface area contributed by atoms with Crippen LogP contribution in [0.2, 0.25) is 0 Å². The molecule has 2 aromatic rings. The number of fused-ring (bicyclic) bond motifs is 3. The Bertz CT molecular complexity index is 1040. The first kappa shape index (κ1) is 22.8. The monoisotopic (exact) mass is 452 g/mol. The van der Waals surface area contributed by atoms with Crippen molar-refractivity contribution in [1.29, 1.82) is 0 Å². The van der Waals surface area contributed by atoms with Gasteiger partial charge in [0.2, 0.25) is 5.91 Å². The van der Waals surface area contributed by atoms with Crippen LogP contribution in [0.25, 0.3) is 11.1 Å². The fourth-order valence-corrected chi connectivity index (χ4v) is 4.53. The van der Waals surface area contributed by atoms with E-state index < -0.39 is 23.1 Å². The van der Waals surface area contributed by atoms with Gasteiger partial charge in [-0.25, -0.2) is 9.59 Å².